The number of H-pyrrole nitrogens is 1. The van der Waals surface area contributed by atoms with E-state index in [1.54, 1.807) is 49.8 Å². The number of aromatic amines is 1. The molecule has 2 heterocycles. The van der Waals surface area contributed by atoms with Crippen molar-refractivity contribution in [2.75, 3.05) is 5.32 Å². The summed E-state index contributed by atoms with van der Waals surface area (Å²) in [7, 11) is 0. The molecule has 0 saturated carbocycles. The molecule has 0 aliphatic rings. The second-order valence-corrected chi connectivity index (χ2v) is 6.21. The first kappa shape index (κ1) is 17.5. The average molecular weight is 375 g/mol. The lowest BCUT2D eigenvalue weighted by Gasteiger charge is -2.10. The van der Waals surface area contributed by atoms with E-state index in [2.05, 4.69) is 15.3 Å². The summed E-state index contributed by atoms with van der Waals surface area (Å²) >= 11 is 0. The van der Waals surface area contributed by atoms with Gasteiger partial charge in [0, 0.05) is 35.9 Å². The van der Waals surface area contributed by atoms with Crippen molar-refractivity contribution in [1.82, 2.24) is 19.1 Å². The summed E-state index contributed by atoms with van der Waals surface area (Å²) in [5.41, 5.74) is 1.65. The standard InChI is InChI=1S/C20H17N5O3/c1-2-25-17-8-3-13(11-16(17)23-19(27)20(25)28)18(26)22-14-4-6-15(7-5-14)24-10-9-21-12-24/h3-12H,2H2,1H3,(H,22,26)(H,23,27). The van der Waals surface area contributed by atoms with Crippen molar-refractivity contribution in [3.63, 3.8) is 0 Å². The minimum absolute atomic E-state index is 0.313. The van der Waals surface area contributed by atoms with E-state index < -0.39 is 11.1 Å². The van der Waals surface area contributed by atoms with Gasteiger partial charge in [-0.3, -0.25) is 14.4 Å². The Kier molecular flexibility index (Phi) is 4.36. The third-order valence-electron chi connectivity index (χ3n) is 4.48. The lowest BCUT2D eigenvalue weighted by Crippen LogP contribution is -2.36. The number of hydrogen-bond donors (Lipinski definition) is 2. The zero-order valence-electron chi connectivity index (χ0n) is 15.0. The molecule has 0 atom stereocenters. The van der Waals surface area contributed by atoms with E-state index in [-0.39, 0.29) is 5.91 Å². The highest BCUT2D eigenvalue weighted by atomic mass is 16.2. The summed E-state index contributed by atoms with van der Waals surface area (Å²) in [6, 6.07) is 12.2. The van der Waals surface area contributed by atoms with Gasteiger partial charge in [0.1, 0.15) is 0 Å². The van der Waals surface area contributed by atoms with Gasteiger partial charge in [0.05, 0.1) is 17.4 Å². The minimum atomic E-state index is -0.706. The Morgan fingerprint density at radius 1 is 1.14 bits per heavy atom. The highest BCUT2D eigenvalue weighted by Gasteiger charge is 2.11. The van der Waals surface area contributed by atoms with E-state index in [1.807, 2.05) is 22.9 Å². The molecule has 4 aromatic rings. The number of amides is 1. The first-order valence-corrected chi connectivity index (χ1v) is 8.73. The topological polar surface area (TPSA) is 102 Å². The van der Waals surface area contributed by atoms with Gasteiger partial charge in [0.25, 0.3) is 5.91 Å². The molecule has 140 valence electrons. The SMILES string of the molecule is CCn1c(=O)c(=O)[nH]c2cc(C(=O)Nc3ccc(-n4ccnc4)cc3)ccc21. The van der Waals surface area contributed by atoms with Gasteiger partial charge in [0.2, 0.25) is 0 Å². The molecule has 0 bridgehead atoms. The van der Waals surface area contributed by atoms with Crippen LogP contribution < -0.4 is 16.4 Å². The van der Waals surface area contributed by atoms with Crippen molar-refractivity contribution in [2.24, 2.45) is 0 Å². The molecule has 2 N–H and O–H groups in total. The third-order valence-corrected chi connectivity index (χ3v) is 4.48. The maximum absolute atomic E-state index is 12.6. The number of nitrogens with one attached hydrogen (secondary N) is 2. The van der Waals surface area contributed by atoms with Gasteiger partial charge in [-0.05, 0) is 49.4 Å². The van der Waals surface area contributed by atoms with Gasteiger partial charge in [-0.2, -0.15) is 0 Å². The van der Waals surface area contributed by atoms with Crippen LogP contribution in [-0.4, -0.2) is 25.0 Å². The molecule has 0 radical (unpaired) electrons. The van der Waals surface area contributed by atoms with Gasteiger partial charge >= 0.3 is 11.1 Å². The zero-order valence-corrected chi connectivity index (χ0v) is 15.0. The predicted octanol–water partition coefficient (Wildman–Crippen LogP) is 2.15. The Morgan fingerprint density at radius 2 is 1.93 bits per heavy atom. The van der Waals surface area contributed by atoms with Gasteiger partial charge in [-0.25, -0.2) is 4.98 Å². The monoisotopic (exact) mass is 375 g/mol. The largest absolute Gasteiger partial charge is 0.322 e. The Labute approximate surface area is 159 Å². The zero-order chi connectivity index (χ0) is 19.7. The fourth-order valence-electron chi connectivity index (χ4n) is 3.07. The normalized spacial score (nSPS) is 10.9. The number of fused-ring (bicyclic) bond motifs is 1. The molecule has 1 amide bonds. The minimum Gasteiger partial charge on any atom is -0.322 e. The van der Waals surface area contributed by atoms with Crippen molar-refractivity contribution >= 4 is 22.6 Å². The van der Waals surface area contributed by atoms with Crippen LogP contribution in [0.25, 0.3) is 16.7 Å². The summed E-state index contributed by atoms with van der Waals surface area (Å²) in [4.78, 5) is 42.9. The van der Waals surface area contributed by atoms with E-state index in [0.717, 1.165) is 5.69 Å². The molecule has 0 saturated heterocycles. The molecule has 0 aliphatic heterocycles. The first-order chi connectivity index (χ1) is 13.6. The van der Waals surface area contributed by atoms with E-state index >= 15 is 0 Å². The van der Waals surface area contributed by atoms with Crippen LogP contribution in [0.15, 0.2) is 70.8 Å². The average Bonchev–Trinajstić information content (AvgIpc) is 3.24. The number of carbonyl (C=O) groups excluding carboxylic acids is 1. The lowest BCUT2D eigenvalue weighted by molar-refractivity contribution is 0.102. The number of hydrogen-bond acceptors (Lipinski definition) is 4. The predicted molar refractivity (Wildman–Crippen MR) is 106 cm³/mol. The quantitative estimate of drug-likeness (QED) is 0.534. The van der Waals surface area contributed by atoms with Crippen LogP contribution in [0.4, 0.5) is 5.69 Å². The fraction of sp³-hybridized carbons (Fsp3) is 0.100. The number of benzene rings is 2. The molecule has 28 heavy (non-hydrogen) atoms. The van der Waals surface area contributed by atoms with Crippen LogP contribution in [0.3, 0.4) is 0 Å². The van der Waals surface area contributed by atoms with Crippen molar-refractivity contribution in [2.45, 2.75) is 13.5 Å². The number of carbonyl (C=O) groups is 1. The Morgan fingerprint density at radius 3 is 2.61 bits per heavy atom. The number of aromatic nitrogens is 4. The Bertz CT molecular complexity index is 1270. The van der Waals surface area contributed by atoms with Crippen molar-refractivity contribution in [1.29, 1.82) is 0 Å². The van der Waals surface area contributed by atoms with Crippen molar-refractivity contribution < 1.29 is 4.79 Å². The summed E-state index contributed by atoms with van der Waals surface area (Å²) < 4.78 is 3.24. The van der Waals surface area contributed by atoms with E-state index in [9.17, 15) is 14.4 Å². The molecule has 8 heteroatoms. The number of nitrogens with zero attached hydrogens (tertiary/aromatic N) is 3. The van der Waals surface area contributed by atoms with Crippen LogP contribution in [0.1, 0.15) is 17.3 Å². The molecule has 0 aliphatic carbocycles. The fourth-order valence-corrected chi connectivity index (χ4v) is 3.07. The van der Waals surface area contributed by atoms with E-state index in [4.69, 9.17) is 0 Å². The molecule has 8 nitrogen and oxygen atoms in total. The Hall–Kier alpha value is -3.94. The van der Waals surface area contributed by atoms with Crippen LogP contribution in [0, 0.1) is 0 Å². The Balaban J connectivity index is 1.61. The molecular weight excluding hydrogens is 358 g/mol. The maximum atomic E-state index is 12.6. The number of imidazole rings is 1. The molecule has 0 fully saturated rings. The summed E-state index contributed by atoms with van der Waals surface area (Å²) in [5, 5.41) is 2.83. The molecule has 0 unspecified atom stereocenters. The maximum Gasteiger partial charge on any atom is 0.316 e. The second-order valence-electron chi connectivity index (χ2n) is 6.21. The first-order valence-electron chi connectivity index (χ1n) is 8.73. The molecule has 0 spiro atoms. The number of aryl methyl sites for hydroxylation is 1. The highest BCUT2D eigenvalue weighted by molar-refractivity contribution is 6.05. The van der Waals surface area contributed by atoms with Crippen molar-refractivity contribution in [3.8, 4) is 5.69 Å². The van der Waals surface area contributed by atoms with Crippen LogP contribution >= 0.6 is 0 Å². The molecule has 4 rings (SSSR count). The van der Waals surface area contributed by atoms with Gasteiger partial charge in [0.15, 0.2) is 0 Å². The summed E-state index contributed by atoms with van der Waals surface area (Å²) in [6.45, 7) is 2.16. The second kappa shape index (κ2) is 6.99. The molecule has 2 aromatic carbocycles. The molecule has 2 aromatic heterocycles. The molecular formula is C20H17N5O3. The smallest absolute Gasteiger partial charge is 0.316 e. The van der Waals surface area contributed by atoms with Crippen LogP contribution in [0.2, 0.25) is 0 Å². The van der Waals surface area contributed by atoms with Crippen molar-refractivity contribution in [3.05, 3.63) is 87.5 Å². The van der Waals surface area contributed by atoms with Gasteiger partial charge in [-0.1, -0.05) is 0 Å². The van der Waals surface area contributed by atoms with E-state index in [1.165, 1.54) is 4.57 Å². The number of rotatable bonds is 4. The van der Waals surface area contributed by atoms with E-state index in [0.29, 0.717) is 28.8 Å². The van der Waals surface area contributed by atoms with Gasteiger partial charge in [-0.15, -0.1) is 0 Å². The third kappa shape index (κ3) is 3.11. The number of anilines is 1. The summed E-state index contributed by atoms with van der Waals surface area (Å²) in [6.07, 6.45) is 5.22. The van der Waals surface area contributed by atoms with Crippen LogP contribution in [-0.2, 0) is 6.54 Å². The summed E-state index contributed by atoms with van der Waals surface area (Å²) in [5.74, 6) is -0.313. The van der Waals surface area contributed by atoms with Gasteiger partial charge < -0.3 is 19.4 Å². The highest BCUT2D eigenvalue weighted by Crippen LogP contribution is 2.16. The lowest BCUT2D eigenvalue weighted by atomic mass is 10.1. The van der Waals surface area contributed by atoms with Crippen LogP contribution in [0.5, 0.6) is 0 Å².